The minimum absolute atomic E-state index is 0.0205. The second-order valence-electron chi connectivity index (χ2n) is 15.7. The molecule has 4 aromatic rings. The Morgan fingerprint density at radius 2 is 2.00 bits per heavy atom. The smallest absolute Gasteiger partial charge is 0.316 e. The summed E-state index contributed by atoms with van der Waals surface area (Å²) >= 11 is 0. The van der Waals surface area contributed by atoms with Crippen LogP contribution in [0.25, 0.3) is 21.8 Å². The van der Waals surface area contributed by atoms with Crippen molar-refractivity contribution in [3.8, 4) is 5.75 Å². The monoisotopic (exact) mass is 646 g/mol. The lowest BCUT2D eigenvalue weighted by molar-refractivity contribution is -0.183. The lowest BCUT2D eigenvalue weighted by atomic mass is 9.55. The Hall–Kier alpha value is -3.59. The van der Waals surface area contributed by atoms with Crippen LogP contribution in [0.1, 0.15) is 92.2 Å². The zero-order chi connectivity index (χ0) is 32.7. The van der Waals surface area contributed by atoms with E-state index in [0.717, 1.165) is 61.8 Å². The third kappa shape index (κ3) is 3.35. The van der Waals surface area contributed by atoms with Crippen LogP contribution >= 0.6 is 0 Å². The largest absolute Gasteiger partial charge is 0.508 e. The van der Waals surface area contributed by atoms with Gasteiger partial charge in [-0.3, -0.25) is 14.6 Å². The number of H-pyrrole nitrogens is 1. The number of nitrogens with one attached hydrogen (secondary N) is 1. The van der Waals surface area contributed by atoms with Crippen LogP contribution in [0.15, 0.2) is 48.0 Å². The first kappa shape index (κ1) is 29.3. The number of fused-ring (bicyclic) bond motifs is 7. The van der Waals surface area contributed by atoms with Crippen molar-refractivity contribution in [1.29, 1.82) is 0 Å². The van der Waals surface area contributed by atoms with Crippen LogP contribution in [0, 0.1) is 16.7 Å². The Labute approximate surface area is 281 Å². The zero-order valence-corrected chi connectivity index (χ0v) is 28.3. The molecule has 4 bridgehead atoms. The fourth-order valence-electron chi connectivity index (χ4n) is 12.3. The molecule has 11 rings (SSSR count). The summed E-state index contributed by atoms with van der Waals surface area (Å²) in [5.41, 5.74) is 9.07. The number of para-hydroxylation sites is 1. The minimum Gasteiger partial charge on any atom is -0.508 e. The topological polar surface area (TPSA) is 94.0 Å². The summed E-state index contributed by atoms with van der Waals surface area (Å²) in [6.45, 7) is 7.26. The van der Waals surface area contributed by atoms with Crippen molar-refractivity contribution in [3.05, 3.63) is 76.1 Å². The number of piperidine rings is 4. The first-order valence-electron chi connectivity index (χ1n) is 18.2. The van der Waals surface area contributed by atoms with Crippen LogP contribution in [0.2, 0.25) is 0 Å². The van der Waals surface area contributed by atoms with E-state index < -0.39 is 5.41 Å². The molecule has 2 aromatic heterocycles. The molecule has 9 heterocycles. The van der Waals surface area contributed by atoms with Gasteiger partial charge in [0.05, 0.1) is 31.8 Å². The molecule has 4 saturated heterocycles. The summed E-state index contributed by atoms with van der Waals surface area (Å²) in [4.78, 5) is 22.9. The number of aromatic hydroxyl groups is 1. The molecule has 0 amide bonds. The van der Waals surface area contributed by atoms with Crippen LogP contribution in [-0.4, -0.2) is 74.9 Å². The highest BCUT2D eigenvalue weighted by atomic mass is 16.5. The number of methoxy groups -OCH3 is 1. The number of esters is 1. The molecule has 0 saturated carbocycles. The summed E-state index contributed by atoms with van der Waals surface area (Å²) in [5, 5.41) is 25.7. The number of aliphatic hydroxyl groups is 1. The maximum Gasteiger partial charge on any atom is 0.316 e. The Balaban J connectivity index is 1.23. The Bertz CT molecular complexity index is 2060. The van der Waals surface area contributed by atoms with Gasteiger partial charge in [0.25, 0.3) is 0 Å². The molecule has 8 heteroatoms. The molecule has 0 radical (unpaired) electrons. The number of carbonyl (C=O) groups excluding carboxylic acids is 1. The number of phenols is 1. The third-order valence-corrected chi connectivity index (χ3v) is 14.3. The van der Waals surface area contributed by atoms with Crippen molar-refractivity contribution in [2.24, 2.45) is 16.7 Å². The molecule has 0 aliphatic carbocycles. The first-order chi connectivity index (χ1) is 23.4. The molecule has 2 aromatic carbocycles. The van der Waals surface area contributed by atoms with Gasteiger partial charge in [0.15, 0.2) is 0 Å². The van der Waals surface area contributed by atoms with E-state index in [0.29, 0.717) is 18.2 Å². The van der Waals surface area contributed by atoms with Crippen molar-refractivity contribution in [1.82, 2.24) is 19.4 Å². The summed E-state index contributed by atoms with van der Waals surface area (Å²) in [5.74, 6) is -0.0346. The molecule has 7 aliphatic heterocycles. The lowest BCUT2D eigenvalue weighted by Gasteiger charge is -2.62. The molecule has 7 aliphatic rings. The average molecular weight is 647 g/mol. The zero-order valence-electron chi connectivity index (χ0n) is 28.3. The van der Waals surface area contributed by atoms with Gasteiger partial charge < -0.3 is 24.5 Å². The molecule has 8 nitrogen and oxygen atoms in total. The average Bonchev–Trinajstić information content (AvgIpc) is 3.67. The fourth-order valence-corrected chi connectivity index (χ4v) is 12.3. The SMILES string of the molecule is C/C=C1/CN2[C@H]3Cc4c([nH]c5ccc(O)c([C@@H]6C[C@@]7(CC)CCCN8CCc9c(n6c6ccccc96)[C@H]87)c45)[C@@H]2C[C@H]1C3(CO)C(=O)OC. The Morgan fingerprint density at radius 1 is 1.15 bits per heavy atom. The number of ether oxygens (including phenoxy) is 1. The molecule has 48 heavy (non-hydrogen) atoms. The van der Waals surface area contributed by atoms with Gasteiger partial charge in [-0.1, -0.05) is 36.8 Å². The molecule has 8 atom stereocenters. The highest BCUT2D eigenvalue weighted by Crippen LogP contribution is 2.63. The second kappa shape index (κ2) is 9.99. The number of benzene rings is 2. The molecule has 0 spiro atoms. The van der Waals surface area contributed by atoms with Gasteiger partial charge in [0.1, 0.15) is 11.2 Å². The van der Waals surface area contributed by atoms with Gasteiger partial charge in [-0.05, 0) is 93.2 Å². The number of hydrogen-bond donors (Lipinski definition) is 3. The maximum atomic E-state index is 13.8. The number of phenolic OH excluding ortho intramolecular Hbond substituents is 1. The molecule has 250 valence electrons. The maximum absolute atomic E-state index is 13.8. The quantitative estimate of drug-likeness (QED) is 0.178. The lowest BCUT2D eigenvalue weighted by Crippen LogP contribution is -2.69. The predicted molar refractivity (Wildman–Crippen MR) is 185 cm³/mol. The number of nitrogens with zero attached hydrogens (tertiary/aromatic N) is 3. The van der Waals surface area contributed by atoms with E-state index in [9.17, 15) is 15.0 Å². The van der Waals surface area contributed by atoms with E-state index in [4.69, 9.17) is 4.74 Å². The molecular weight excluding hydrogens is 600 g/mol. The van der Waals surface area contributed by atoms with Crippen LogP contribution in [0.4, 0.5) is 0 Å². The van der Waals surface area contributed by atoms with Gasteiger partial charge >= 0.3 is 5.97 Å². The van der Waals surface area contributed by atoms with Crippen LogP contribution in [0.3, 0.4) is 0 Å². The van der Waals surface area contributed by atoms with E-state index >= 15 is 0 Å². The van der Waals surface area contributed by atoms with Crippen molar-refractivity contribution in [2.45, 2.75) is 83.0 Å². The molecule has 4 fully saturated rings. The Kier molecular flexibility index (Phi) is 6.11. The molecule has 2 unspecified atom stereocenters. The number of rotatable bonds is 4. The second-order valence-corrected chi connectivity index (χ2v) is 15.7. The van der Waals surface area contributed by atoms with Gasteiger partial charge in [0.2, 0.25) is 0 Å². The number of hydrogen-bond acceptors (Lipinski definition) is 6. The van der Waals surface area contributed by atoms with Gasteiger partial charge in [-0.2, -0.15) is 0 Å². The van der Waals surface area contributed by atoms with E-state index in [1.807, 2.05) is 19.1 Å². The standard InChI is InChI=1S/C40H46N4O4/c1-4-22-20-43-29-18-26(22)40(21-45,38(47)48-3)32(43)17-25-33-27(41-35(25)29)11-12-31(46)34(33)30-19-39(5-2)14-8-15-42-16-13-24-23-9-6-7-10-28(23)44(30)36(24)37(39)42/h4,6-7,9-12,26,29-30,32,37,41,45-46H,5,8,13-21H2,1-3H3/b22-4-/t26-,29+,30+,32+,37+,39-,40?/m1/s1. The summed E-state index contributed by atoms with van der Waals surface area (Å²) in [6.07, 6.45) is 9.09. The summed E-state index contributed by atoms with van der Waals surface area (Å²) < 4.78 is 8.11. The van der Waals surface area contributed by atoms with Crippen LogP contribution in [0.5, 0.6) is 5.75 Å². The number of aliphatic hydroxyl groups excluding tert-OH is 1. The van der Waals surface area contributed by atoms with Crippen molar-refractivity contribution in [3.63, 3.8) is 0 Å². The number of aromatic nitrogens is 2. The predicted octanol–water partition coefficient (Wildman–Crippen LogP) is 6.31. The summed E-state index contributed by atoms with van der Waals surface area (Å²) in [7, 11) is 1.45. The van der Waals surface area contributed by atoms with Gasteiger partial charge in [-0.15, -0.1) is 0 Å². The number of aromatic amines is 1. The van der Waals surface area contributed by atoms with Crippen LogP contribution in [-0.2, 0) is 22.4 Å². The van der Waals surface area contributed by atoms with Crippen LogP contribution < -0.4 is 0 Å². The van der Waals surface area contributed by atoms with E-state index in [1.54, 1.807) is 0 Å². The Morgan fingerprint density at radius 3 is 2.79 bits per heavy atom. The number of carbonyl (C=O) groups is 1. The molecular formula is C40H46N4O4. The van der Waals surface area contributed by atoms with Crippen molar-refractivity contribution in [2.75, 3.05) is 33.4 Å². The highest BCUT2D eigenvalue weighted by molar-refractivity contribution is 5.93. The van der Waals surface area contributed by atoms with Crippen molar-refractivity contribution >= 4 is 27.8 Å². The van der Waals surface area contributed by atoms with E-state index in [-0.39, 0.29) is 42.0 Å². The van der Waals surface area contributed by atoms with E-state index in [1.165, 1.54) is 58.9 Å². The van der Waals surface area contributed by atoms with Gasteiger partial charge in [-0.25, -0.2) is 0 Å². The minimum atomic E-state index is -1.02. The normalized spacial score (nSPS) is 35.6. The van der Waals surface area contributed by atoms with Gasteiger partial charge in [0, 0.05) is 63.8 Å². The molecule has 3 N–H and O–H groups in total. The fraction of sp³-hybridized carbons (Fsp3) is 0.525. The van der Waals surface area contributed by atoms with Crippen molar-refractivity contribution < 1.29 is 19.7 Å². The third-order valence-electron chi connectivity index (χ3n) is 14.3. The summed E-state index contributed by atoms with van der Waals surface area (Å²) in [6, 6.07) is 13.2. The van der Waals surface area contributed by atoms with E-state index in [2.05, 4.69) is 56.6 Å². The highest BCUT2D eigenvalue weighted by Gasteiger charge is 2.65. The first-order valence-corrected chi connectivity index (χ1v) is 18.2. The number of allylic oxidation sites excluding steroid dienone is 1.